The number of aromatic nitrogens is 1. The van der Waals surface area contributed by atoms with E-state index in [0.29, 0.717) is 25.8 Å². The lowest BCUT2D eigenvalue weighted by Gasteiger charge is -2.19. The van der Waals surface area contributed by atoms with Gasteiger partial charge in [-0.05, 0) is 20.8 Å². The number of nitrogens with zero attached hydrogens (tertiary/aromatic N) is 1. The molecule has 5 heteroatoms. The zero-order valence-corrected chi connectivity index (χ0v) is 10.4. The molecule has 0 aliphatic heterocycles. The van der Waals surface area contributed by atoms with E-state index in [4.69, 9.17) is 13.9 Å². The van der Waals surface area contributed by atoms with Crippen molar-refractivity contribution in [1.82, 2.24) is 10.3 Å². The summed E-state index contributed by atoms with van der Waals surface area (Å²) in [6.45, 7) is 7.94. The van der Waals surface area contributed by atoms with Gasteiger partial charge in [-0.25, -0.2) is 0 Å². The van der Waals surface area contributed by atoms with Crippen LogP contribution in [0.5, 0.6) is 6.08 Å². The van der Waals surface area contributed by atoms with E-state index in [9.17, 15) is 0 Å². The van der Waals surface area contributed by atoms with Crippen molar-refractivity contribution in [2.45, 2.75) is 32.9 Å². The molecule has 1 aromatic rings. The van der Waals surface area contributed by atoms with Crippen LogP contribution < -0.4 is 10.1 Å². The Hall–Kier alpha value is -1.07. The average molecular weight is 228 g/mol. The molecular weight excluding hydrogens is 208 g/mol. The molecule has 0 fully saturated rings. The van der Waals surface area contributed by atoms with E-state index in [2.05, 4.69) is 31.1 Å². The first-order valence-corrected chi connectivity index (χ1v) is 5.32. The Kier molecular flexibility index (Phi) is 4.76. The molecule has 0 bridgehead atoms. The molecule has 0 saturated carbocycles. The molecule has 0 atom stereocenters. The van der Waals surface area contributed by atoms with Crippen LogP contribution in [0.1, 0.15) is 26.5 Å². The Morgan fingerprint density at radius 2 is 2.12 bits per heavy atom. The van der Waals surface area contributed by atoms with Crippen LogP contribution in [0.3, 0.4) is 0 Å². The molecule has 92 valence electrons. The second kappa shape index (κ2) is 5.86. The Morgan fingerprint density at radius 3 is 2.75 bits per heavy atom. The zero-order valence-electron chi connectivity index (χ0n) is 10.4. The number of oxazole rings is 1. The Morgan fingerprint density at radius 1 is 1.38 bits per heavy atom. The standard InChI is InChI=1S/C11H20N2O3/c1-11(2,3)12-7-9-8-16-10(13-9)15-6-5-14-4/h8,12H,5-7H2,1-4H3. The highest BCUT2D eigenvalue weighted by Crippen LogP contribution is 2.11. The third-order valence-corrected chi connectivity index (χ3v) is 1.84. The summed E-state index contributed by atoms with van der Waals surface area (Å²) in [6, 6.07) is 0. The van der Waals surface area contributed by atoms with E-state index in [-0.39, 0.29) is 5.54 Å². The molecule has 1 rings (SSSR count). The number of hydrogen-bond donors (Lipinski definition) is 1. The van der Waals surface area contributed by atoms with Crippen LogP contribution in [0.2, 0.25) is 0 Å². The number of hydrogen-bond acceptors (Lipinski definition) is 5. The maximum absolute atomic E-state index is 5.23. The fourth-order valence-electron chi connectivity index (χ4n) is 1.00. The lowest BCUT2D eigenvalue weighted by atomic mass is 10.1. The van der Waals surface area contributed by atoms with Gasteiger partial charge in [-0.1, -0.05) is 0 Å². The fraction of sp³-hybridized carbons (Fsp3) is 0.727. The van der Waals surface area contributed by atoms with Gasteiger partial charge in [-0.2, -0.15) is 4.98 Å². The van der Waals surface area contributed by atoms with Crippen molar-refractivity contribution in [3.05, 3.63) is 12.0 Å². The van der Waals surface area contributed by atoms with Gasteiger partial charge in [0.2, 0.25) is 0 Å². The van der Waals surface area contributed by atoms with Gasteiger partial charge in [0.05, 0.1) is 12.3 Å². The topological polar surface area (TPSA) is 56.5 Å². The first kappa shape index (κ1) is 13.0. The molecule has 0 spiro atoms. The van der Waals surface area contributed by atoms with Crippen LogP contribution in [0.25, 0.3) is 0 Å². The fourth-order valence-corrected chi connectivity index (χ4v) is 1.00. The van der Waals surface area contributed by atoms with Crippen molar-refractivity contribution in [3.8, 4) is 6.08 Å². The number of ether oxygens (including phenoxy) is 2. The SMILES string of the molecule is COCCOc1nc(CNC(C)(C)C)co1. The maximum Gasteiger partial charge on any atom is 0.393 e. The molecule has 0 saturated heterocycles. The normalized spacial score (nSPS) is 11.8. The monoisotopic (exact) mass is 228 g/mol. The molecule has 5 nitrogen and oxygen atoms in total. The van der Waals surface area contributed by atoms with Crippen molar-refractivity contribution in [1.29, 1.82) is 0 Å². The van der Waals surface area contributed by atoms with Gasteiger partial charge in [-0.15, -0.1) is 0 Å². The minimum absolute atomic E-state index is 0.0655. The quantitative estimate of drug-likeness (QED) is 0.749. The van der Waals surface area contributed by atoms with Crippen molar-refractivity contribution in [2.24, 2.45) is 0 Å². The highest BCUT2D eigenvalue weighted by atomic mass is 16.6. The maximum atomic E-state index is 5.23. The summed E-state index contributed by atoms with van der Waals surface area (Å²) in [6.07, 6.45) is 1.89. The van der Waals surface area contributed by atoms with Gasteiger partial charge in [0.1, 0.15) is 12.9 Å². The highest BCUT2D eigenvalue weighted by Gasteiger charge is 2.11. The summed E-state index contributed by atoms with van der Waals surface area (Å²) < 4.78 is 15.2. The van der Waals surface area contributed by atoms with Crippen molar-refractivity contribution in [3.63, 3.8) is 0 Å². The van der Waals surface area contributed by atoms with E-state index < -0.39 is 0 Å². The minimum atomic E-state index is 0.0655. The predicted molar refractivity (Wildman–Crippen MR) is 60.5 cm³/mol. The predicted octanol–water partition coefficient (Wildman–Crippen LogP) is 1.59. The summed E-state index contributed by atoms with van der Waals surface area (Å²) in [5, 5.41) is 3.32. The van der Waals surface area contributed by atoms with Gasteiger partial charge >= 0.3 is 6.08 Å². The highest BCUT2D eigenvalue weighted by molar-refractivity contribution is 5.00. The van der Waals surface area contributed by atoms with Gasteiger partial charge in [0.25, 0.3) is 0 Å². The molecule has 0 unspecified atom stereocenters. The second-order valence-corrected chi connectivity index (χ2v) is 4.55. The van der Waals surface area contributed by atoms with Crippen LogP contribution in [0.4, 0.5) is 0 Å². The third kappa shape index (κ3) is 5.14. The molecule has 0 aliphatic rings. The Balaban J connectivity index is 2.33. The van der Waals surface area contributed by atoms with Gasteiger partial charge in [-0.3, -0.25) is 0 Å². The second-order valence-electron chi connectivity index (χ2n) is 4.55. The summed E-state index contributed by atoms with van der Waals surface area (Å²) in [5.74, 6) is 0. The van der Waals surface area contributed by atoms with Crippen LogP contribution in [-0.4, -0.2) is 30.8 Å². The summed E-state index contributed by atoms with van der Waals surface area (Å²) >= 11 is 0. The molecular formula is C11H20N2O3. The minimum Gasteiger partial charge on any atom is -0.448 e. The van der Waals surface area contributed by atoms with Crippen LogP contribution in [-0.2, 0) is 11.3 Å². The van der Waals surface area contributed by atoms with Gasteiger partial charge in [0.15, 0.2) is 0 Å². The van der Waals surface area contributed by atoms with E-state index in [1.165, 1.54) is 0 Å². The van der Waals surface area contributed by atoms with Gasteiger partial charge in [0, 0.05) is 19.2 Å². The van der Waals surface area contributed by atoms with Gasteiger partial charge < -0.3 is 19.2 Å². The molecule has 0 radical (unpaired) electrons. The lowest BCUT2D eigenvalue weighted by molar-refractivity contribution is 0.126. The van der Waals surface area contributed by atoms with E-state index >= 15 is 0 Å². The van der Waals surface area contributed by atoms with Crippen molar-refractivity contribution < 1.29 is 13.9 Å². The van der Waals surface area contributed by atoms with Crippen molar-refractivity contribution >= 4 is 0 Å². The summed E-state index contributed by atoms with van der Waals surface area (Å²) in [5.41, 5.74) is 0.901. The largest absolute Gasteiger partial charge is 0.448 e. The number of nitrogens with one attached hydrogen (secondary N) is 1. The van der Waals surface area contributed by atoms with Crippen LogP contribution >= 0.6 is 0 Å². The number of methoxy groups -OCH3 is 1. The smallest absolute Gasteiger partial charge is 0.393 e. The first-order valence-electron chi connectivity index (χ1n) is 5.32. The third-order valence-electron chi connectivity index (χ3n) is 1.84. The molecule has 1 N–H and O–H groups in total. The van der Waals surface area contributed by atoms with E-state index in [0.717, 1.165) is 5.69 Å². The molecule has 0 aliphatic carbocycles. The van der Waals surface area contributed by atoms with E-state index in [1.807, 2.05) is 0 Å². The van der Waals surface area contributed by atoms with E-state index in [1.54, 1.807) is 13.4 Å². The molecule has 1 heterocycles. The molecule has 16 heavy (non-hydrogen) atoms. The summed E-state index contributed by atoms with van der Waals surface area (Å²) in [7, 11) is 1.62. The van der Waals surface area contributed by atoms with Crippen LogP contribution in [0, 0.1) is 0 Å². The lowest BCUT2D eigenvalue weighted by Crippen LogP contribution is -2.35. The number of rotatable bonds is 6. The Labute approximate surface area is 96.1 Å². The Bertz CT molecular complexity index is 304. The molecule has 1 aromatic heterocycles. The van der Waals surface area contributed by atoms with Crippen molar-refractivity contribution in [2.75, 3.05) is 20.3 Å². The average Bonchev–Trinajstić information content (AvgIpc) is 2.62. The first-order chi connectivity index (χ1) is 7.51. The zero-order chi connectivity index (χ0) is 12.0. The summed E-state index contributed by atoms with van der Waals surface area (Å²) in [4.78, 5) is 4.18. The molecule has 0 amide bonds. The van der Waals surface area contributed by atoms with Crippen LogP contribution in [0.15, 0.2) is 10.7 Å². The molecule has 0 aromatic carbocycles.